The molecule has 4 nitrogen and oxygen atoms in total. The minimum absolute atomic E-state index is 0.155. The van der Waals surface area contributed by atoms with Gasteiger partial charge >= 0.3 is 6.09 Å². The lowest BCUT2D eigenvalue weighted by Gasteiger charge is -2.44. The van der Waals surface area contributed by atoms with Crippen LogP contribution < -0.4 is 4.74 Å². The van der Waals surface area contributed by atoms with Crippen LogP contribution in [0.4, 0.5) is 4.79 Å². The van der Waals surface area contributed by atoms with Crippen molar-refractivity contribution in [2.75, 3.05) is 6.61 Å². The molecule has 0 radical (unpaired) electrons. The largest absolute Gasteiger partial charge is 0.493 e. The maximum atomic E-state index is 12.7. The smallest absolute Gasteiger partial charge is 0.410 e. The second-order valence-corrected chi connectivity index (χ2v) is 7.54. The van der Waals surface area contributed by atoms with Crippen LogP contribution in [-0.2, 0) is 11.3 Å². The van der Waals surface area contributed by atoms with Gasteiger partial charge in [0.2, 0.25) is 0 Å². The Kier molecular flexibility index (Phi) is 5.95. The van der Waals surface area contributed by atoms with Crippen LogP contribution in [0.5, 0.6) is 5.75 Å². The van der Waals surface area contributed by atoms with Crippen molar-refractivity contribution in [3.8, 4) is 5.75 Å². The van der Waals surface area contributed by atoms with E-state index in [-0.39, 0.29) is 18.2 Å². The number of ether oxygens (including phenoxy) is 2. The van der Waals surface area contributed by atoms with Crippen LogP contribution in [0.2, 0.25) is 0 Å². The van der Waals surface area contributed by atoms with Crippen LogP contribution in [0.25, 0.3) is 0 Å². The maximum Gasteiger partial charge on any atom is 0.410 e. The first-order valence-corrected chi connectivity index (χ1v) is 10.2. The predicted octanol–water partition coefficient (Wildman–Crippen LogP) is 5.35. The topological polar surface area (TPSA) is 38.8 Å². The Morgan fingerprint density at radius 1 is 1.00 bits per heavy atom. The number of piperidine rings is 1. The second-order valence-electron chi connectivity index (χ2n) is 7.54. The minimum atomic E-state index is -0.186. The quantitative estimate of drug-likeness (QED) is 0.637. The molecule has 0 aromatic heterocycles. The van der Waals surface area contributed by atoms with Crippen molar-refractivity contribution < 1.29 is 14.3 Å². The van der Waals surface area contributed by atoms with Crippen LogP contribution in [0, 0.1) is 0 Å². The summed E-state index contributed by atoms with van der Waals surface area (Å²) < 4.78 is 11.5. The van der Waals surface area contributed by atoms with E-state index in [1.807, 2.05) is 65.6 Å². The second kappa shape index (κ2) is 8.96. The van der Waals surface area contributed by atoms with Crippen molar-refractivity contribution in [1.29, 1.82) is 0 Å². The molecule has 2 aliphatic heterocycles. The Balaban J connectivity index is 1.33. The molecule has 2 aromatic rings. The molecule has 4 rings (SSSR count). The summed E-state index contributed by atoms with van der Waals surface area (Å²) in [6, 6.07) is 20.2. The van der Waals surface area contributed by atoms with Gasteiger partial charge in [-0.05, 0) is 43.4 Å². The SMILES string of the molecule is O=C(OCc1ccccc1)N1C2C=C(CCOc3ccccc3)CC1CCC2. The molecule has 28 heavy (non-hydrogen) atoms. The van der Waals surface area contributed by atoms with E-state index in [0.29, 0.717) is 13.2 Å². The monoisotopic (exact) mass is 377 g/mol. The lowest BCUT2D eigenvalue weighted by Crippen LogP contribution is -2.51. The van der Waals surface area contributed by atoms with Gasteiger partial charge in [-0.25, -0.2) is 4.79 Å². The highest BCUT2D eigenvalue weighted by molar-refractivity contribution is 5.69. The lowest BCUT2D eigenvalue weighted by molar-refractivity contribution is 0.0477. The highest BCUT2D eigenvalue weighted by Gasteiger charge is 2.37. The molecular formula is C24H27NO3. The molecule has 0 N–H and O–H groups in total. The van der Waals surface area contributed by atoms with Crippen molar-refractivity contribution in [2.45, 2.75) is 50.8 Å². The van der Waals surface area contributed by atoms with Crippen LogP contribution >= 0.6 is 0 Å². The molecule has 2 atom stereocenters. The molecule has 1 saturated heterocycles. The van der Waals surface area contributed by atoms with Crippen molar-refractivity contribution >= 4 is 6.09 Å². The standard InChI is InChI=1S/C24H27NO3/c26-24(28-18-19-8-3-1-4-9-19)25-21-10-7-11-22(25)17-20(16-21)14-15-27-23-12-5-2-6-13-23/h1-6,8-9,12-13,16,21-22H,7,10-11,14-15,17-18H2. The molecule has 1 amide bonds. The number of rotatable bonds is 6. The zero-order valence-corrected chi connectivity index (χ0v) is 16.1. The third-order valence-corrected chi connectivity index (χ3v) is 5.56. The number of carbonyl (C=O) groups is 1. The zero-order chi connectivity index (χ0) is 19.2. The highest BCUT2D eigenvalue weighted by Crippen LogP contribution is 2.35. The van der Waals surface area contributed by atoms with Crippen LogP contribution in [-0.4, -0.2) is 29.7 Å². The van der Waals surface area contributed by atoms with Gasteiger partial charge in [0.15, 0.2) is 0 Å². The van der Waals surface area contributed by atoms with Gasteiger partial charge in [-0.3, -0.25) is 4.90 Å². The van der Waals surface area contributed by atoms with Crippen molar-refractivity contribution in [1.82, 2.24) is 4.90 Å². The number of hydrogen-bond donors (Lipinski definition) is 0. The first-order valence-electron chi connectivity index (χ1n) is 10.2. The number of para-hydroxylation sites is 1. The number of nitrogens with zero attached hydrogens (tertiary/aromatic N) is 1. The summed E-state index contributed by atoms with van der Waals surface area (Å²) in [5, 5.41) is 0. The van der Waals surface area contributed by atoms with Crippen molar-refractivity contribution in [2.24, 2.45) is 0 Å². The van der Waals surface area contributed by atoms with Gasteiger partial charge in [0, 0.05) is 12.5 Å². The van der Waals surface area contributed by atoms with Gasteiger partial charge < -0.3 is 9.47 Å². The Hall–Kier alpha value is -2.75. The minimum Gasteiger partial charge on any atom is -0.493 e. The zero-order valence-electron chi connectivity index (χ0n) is 16.1. The summed E-state index contributed by atoms with van der Waals surface area (Å²) in [7, 11) is 0. The van der Waals surface area contributed by atoms with Gasteiger partial charge in [0.05, 0.1) is 12.6 Å². The number of hydrogen-bond acceptors (Lipinski definition) is 3. The molecule has 2 aromatic carbocycles. The summed E-state index contributed by atoms with van der Waals surface area (Å²) >= 11 is 0. The van der Waals surface area contributed by atoms with Gasteiger partial charge in [-0.2, -0.15) is 0 Å². The molecular weight excluding hydrogens is 350 g/mol. The number of benzene rings is 2. The third kappa shape index (κ3) is 4.56. The first-order chi connectivity index (χ1) is 13.8. The van der Waals surface area contributed by atoms with E-state index in [1.54, 1.807) is 0 Å². The van der Waals surface area contributed by atoms with E-state index in [4.69, 9.17) is 9.47 Å². The molecule has 2 bridgehead atoms. The van der Waals surface area contributed by atoms with Crippen LogP contribution in [0.3, 0.4) is 0 Å². The molecule has 4 heteroatoms. The fourth-order valence-electron chi connectivity index (χ4n) is 4.20. The Bertz CT molecular complexity index is 803. The average Bonchev–Trinajstić information content (AvgIpc) is 2.73. The molecule has 0 saturated carbocycles. The lowest BCUT2D eigenvalue weighted by atomic mass is 9.84. The van der Waals surface area contributed by atoms with Crippen LogP contribution in [0.15, 0.2) is 72.3 Å². The molecule has 0 spiro atoms. The van der Waals surface area contributed by atoms with E-state index in [9.17, 15) is 4.79 Å². The fraction of sp³-hybridized carbons (Fsp3) is 0.375. The Morgan fingerprint density at radius 2 is 1.75 bits per heavy atom. The highest BCUT2D eigenvalue weighted by atomic mass is 16.6. The number of amides is 1. The van der Waals surface area contributed by atoms with E-state index in [2.05, 4.69) is 6.08 Å². The maximum absolute atomic E-state index is 12.7. The Labute approximate surface area is 166 Å². The van der Waals surface area contributed by atoms with Gasteiger partial charge in [0.1, 0.15) is 12.4 Å². The molecule has 2 unspecified atom stereocenters. The van der Waals surface area contributed by atoms with E-state index in [0.717, 1.165) is 37.0 Å². The van der Waals surface area contributed by atoms with E-state index >= 15 is 0 Å². The van der Waals surface area contributed by atoms with Gasteiger partial charge in [-0.1, -0.05) is 60.2 Å². The van der Waals surface area contributed by atoms with Crippen LogP contribution in [0.1, 0.15) is 37.7 Å². The summed E-state index contributed by atoms with van der Waals surface area (Å²) in [4.78, 5) is 14.7. The van der Waals surface area contributed by atoms with Crippen molar-refractivity contribution in [3.63, 3.8) is 0 Å². The molecule has 2 aliphatic rings. The summed E-state index contributed by atoms with van der Waals surface area (Å²) in [6.07, 6.45) is 7.16. The fourth-order valence-corrected chi connectivity index (χ4v) is 4.20. The molecule has 0 aliphatic carbocycles. The first kappa shape index (κ1) is 18.6. The van der Waals surface area contributed by atoms with Gasteiger partial charge in [-0.15, -0.1) is 0 Å². The summed E-state index contributed by atoms with van der Waals surface area (Å²) in [5.74, 6) is 0.908. The number of fused-ring (bicyclic) bond motifs is 2. The molecule has 1 fully saturated rings. The Morgan fingerprint density at radius 3 is 2.50 bits per heavy atom. The summed E-state index contributed by atoms with van der Waals surface area (Å²) in [6.45, 7) is 1.00. The van der Waals surface area contributed by atoms with Gasteiger partial charge in [0.25, 0.3) is 0 Å². The number of carbonyl (C=O) groups excluding carboxylic acids is 1. The normalized spacial score (nSPS) is 21.0. The molecule has 146 valence electrons. The van der Waals surface area contributed by atoms with E-state index < -0.39 is 0 Å². The van der Waals surface area contributed by atoms with Crippen molar-refractivity contribution in [3.05, 3.63) is 77.9 Å². The third-order valence-electron chi connectivity index (χ3n) is 5.56. The summed E-state index contributed by atoms with van der Waals surface area (Å²) in [5.41, 5.74) is 2.42. The predicted molar refractivity (Wildman–Crippen MR) is 109 cm³/mol. The molecule has 2 heterocycles. The average molecular weight is 377 g/mol. The van der Waals surface area contributed by atoms with E-state index in [1.165, 1.54) is 12.0 Å².